The summed E-state index contributed by atoms with van der Waals surface area (Å²) in [6.45, 7) is 1.84. The van der Waals surface area contributed by atoms with Gasteiger partial charge in [-0.05, 0) is 38.1 Å². The Bertz CT molecular complexity index is 670. The fraction of sp³-hybridized carbons (Fsp3) is 0.429. The molecule has 0 atom stereocenters. The molecule has 20 heavy (non-hydrogen) atoms. The lowest BCUT2D eigenvalue weighted by atomic mass is 9.98. The van der Waals surface area contributed by atoms with Gasteiger partial charge < -0.3 is 9.88 Å². The molecular formula is C14H18ClN3OS. The number of rotatable bonds is 1. The number of benzene rings is 1. The van der Waals surface area contributed by atoms with Crippen molar-refractivity contribution in [2.75, 3.05) is 13.1 Å². The molecule has 0 spiro atoms. The van der Waals surface area contributed by atoms with E-state index in [1.165, 1.54) is 4.70 Å². The van der Waals surface area contributed by atoms with Crippen LogP contribution in [0.2, 0.25) is 0 Å². The largest absolute Gasteiger partial charge is 0.319 e. The molecule has 1 aliphatic rings. The Labute approximate surface area is 127 Å². The summed E-state index contributed by atoms with van der Waals surface area (Å²) in [5.74, 6) is 0.120. The van der Waals surface area contributed by atoms with Gasteiger partial charge in [0.05, 0.1) is 10.2 Å². The Morgan fingerprint density at radius 1 is 1.35 bits per heavy atom. The lowest BCUT2D eigenvalue weighted by Crippen LogP contribution is -2.32. The van der Waals surface area contributed by atoms with Gasteiger partial charge in [-0.15, -0.1) is 12.4 Å². The Morgan fingerprint density at radius 3 is 2.75 bits per heavy atom. The molecule has 1 saturated heterocycles. The Morgan fingerprint density at radius 2 is 2.05 bits per heavy atom. The quantitative estimate of drug-likeness (QED) is 0.876. The summed E-state index contributed by atoms with van der Waals surface area (Å²) >= 11 is 1.58. The summed E-state index contributed by atoms with van der Waals surface area (Å²) in [4.78, 5) is 17.3. The summed E-state index contributed by atoms with van der Waals surface area (Å²) in [6.07, 6.45) is 1.80. The van der Waals surface area contributed by atoms with E-state index in [9.17, 15) is 4.79 Å². The molecule has 1 aliphatic heterocycles. The molecule has 0 unspecified atom stereocenters. The summed E-state index contributed by atoms with van der Waals surface area (Å²) in [6, 6.07) is 8.14. The Kier molecular flexibility index (Phi) is 4.96. The molecule has 0 radical (unpaired) electrons. The predicted molar refractivity (Wildman–Crippen MR) is 84.2 cm³/mol. The first-order chi connectivity index (χ1) is 9.25. The fourth-order valence-electron chi connectivity index (χ4n) is 2.44. The molecular weight excluding hydrogens is 294 g/mol. The van der Waals surface area contributed by atoms with E-state index in [0.717, 1.165) is 36.2 Å². The monoisotopic (exact) mass is 311 g/mol. The molecule has 1 N–H and O–H groups in total. The molecule has 2 heterocycles. The Balaban J connectivity index is 0.00000147. The van der Waals surface area contributed by atoms with Gasteiger partial charge in [-0.25, -0.2) is 0 Å². The second-order valence-corrected chi connectivity index (χ2v) is 5.89. The van der Waals surface area contributed by atoms with Crippen molar-refractivity contribution < 1.29 is 4.79 Å². The van der Waals surface area contributed by atoms with Crippen molar-refractivity contribution in [3.8, 4) is 0 Å². The third kappa shape index (κ3) is 2.95. The first-order valence-electron chi connectivity index (χ1n) is 6.59. The molecule has 6 heteroatoms. The van der Waals surface area contributed by atoms with Crippen LogP contribution in [-0.4, -0.2) is 23.6 Å². The number of carbonyl (C=O) groups is 1. The van der Waals surface area contributed by atoms with Gasteiger partial charge in [0, 0.05) is 13.0 Å². The summed E-state index contributed by atoms with van der Waals surface area (Å²) < 4.78 is 3.17. The third-order valence-corrected chi connectivity index (χ3v) is 4.72. The van der Waals surface area contributed by atoms with Crippen LogP contribution in [-0.2, 0) is 11.8 Å². The molecule has 3 rings (SSSR count). The van der Waals surface area contributed by atoms with Crippen LogP contribution in [0.1, 0.15) is 12.8 Å². The van der Waals surface area contributed by atoms with Gasteiger partial charge in [-0.1, -0.05) is 23.5 Å². The third-order valence-electron chi connectivity index (χ3n) is 3.61. The smallest absolute Gasteiger partial charge is 0.251 e. The van der Waals surface area contributed by atoms with Crippen LogP contribution in [0.4, 0.5) is 0 Å². The minimum absolute atomic E-state index is 0. The topological polar surface area (TPSA) is 46.4 Å². The SMILES string of the molecule is Cl.Cn1c(=NC(=O)C2CCNCC2)sc2ccccc21. The summed E-state index contributed by atoms with van der Waals surface area (Å²) in [5, 5.41) is 3.27. The number of carbonyl (C=O) groups excluding carboxylic acids is 1. The zero-order valence-corrected chi connectivity index (χ0v) is 13.0. The number of nitrogens with one attached hydrogen (secondary N) is 1. The number of para-hydroxylation sites is 1. The van der Waals surface area contributed by atoms with Gasteiger partial charge in [-0.3, -0.25) is 4.79 Å². The van der Waals surface area contributed by atoms with Crippen molar-refractivity contribution in [1.82, 2.24) is 9.88 Å². The standard InChI is InChI=1S/C14H17N3OS.ClH/c1-17-11-4-2-3-5-12(11)19-14(17)16-13(18)10-6-8-15-9-7-10;/h2-5,10,15H,6-9H2,1H3;1H. The normalized spacial score (nSPS) is 17.1. The molecule has 2 aromatic rings. The van der Waals surface area contributed by atoms with E-state index in [2.05, 4.69) is 22.4 Å². The highest BCUT2D eigenvalue weighted by molar-refractivity contribution is 7.16. The van der Waals surface area contributed by atoms with Crippen LogP contribution in [0, 0.1) is 5.92 Å². The van der Waals surface area contributed by atoms with Crippen LogP contribution >= 0.6 is 23.7 Å². The number of aromatic nitrogens is 1. The number of thiazole rings is 1. The van der Waals surface area contributed by atoms with Crippen molar-refractivity contribution in [3.05, 3.63) is 29.1 Å². The molecule has 1 amide bonds. The molecule has 0 aliphatic carbocycles. The molecule has 0 saturated carbocycles. The maximum atomic E-state index is 12.2. The van der Waals surface area contributed by atoms with E-state index < -0.39 is 0 Å². The number of nitrogens with zero attached hydrogens (tertiary/aromatic N) is 2. The number of hydrogen-bond donors (Lipinski definition) is 1. The highest BCUT2D eigenvalue weighted by Crippen LogP contribution is 2.16. The lowest BCUT2D eigenvalue weighted by Gasteiger charge is -2.18. The van der Waals surface area contributed by atoms with Crippen molar-refractivity contribution >= 4 is 39.9 Å². The molecule has 1 aromatic heterocycles. The Hall–Kier alpha value is -1.17. The first-order valence-corrected chi connectivity index (χ1v) is 7.41. The van der Waals surface area contributed by atoms with Gasteiger partial charge >= 0.3 is 0 Å². The van der Waals surface area contributed by atoms with Crippen LogP contribution in [0.3, 0.4) is 0 Å². The average molecular weight is 312 g/mol. The van der Waals surface area contributed by atoms with Crippen molar-refractivity contribution in [1.29, 1.82) is 0 Å². The fourth-order valence-corrected chi connectivity index (χ4v) is 3.47. The van der Waals surface area contributed by atoms with Gasteiger partial charge in [0.1, 0.15) is 0 Å². The maximum absolute atomic E-state index is 12.2. The highest BCUT2D eigenvalue weighted by atomic mass is 35.5. The van der Waals surface area contributed by atoms with Gasteiger partial charge in [-0.2, -0.15) is 4.99 Å². The first kappa shape index (κ1) is 15.2. The minimum Gasteiger partial charge on any atom is -0.319 e. The minimum atomic E-state index is 0. The number of fused-ring (bicyclic) bond motifs is 1. The van der Waals surface area contributed by atoms with E-state index in [4.69, 9.17) is 0 Å². The number of aryl methyl sites for hydroxylation is 1. The highest BCUT2D eigenvalue weighted by Gasteiger charge is 2.20. The zero-order valence-electron chi connectivity index (χ0n) is 11.3. The maximum Gasteiger partial charge on any atom is 0.251 e. The summed E-state index contributed by atoms with van der Waals surface area (Å²) in [7, 11) is 1.97. The molecule has 4 nitrogen and oxygen atoms in total. The molecule has 1 aromatic carbocycles. The van der Waals surface area contributed by atoms with E-state index in [1.54, 1.807) is 11.3 Å². The molecule has 1 fully saturated rings. The van der Waals surface area contributed by atoms with Crippen molar-refractivity contribution in [3.63, 3.8) is 0 Å². The number of amides is 1. The molecule has 0 bridgehead atoms. The van der Waals surface area contributed by atoms with Gasteiger partial charge in [0.25, 0.3) is 5.91 Å². The van der Waals surface area contributed by atoms with Gasteiger partial charge in [0.2, 0.25) is 0 Å². The predicted octanol–water partition coefficient (Wildman–Crippen LogP) is 2.09. The number of hydrogen-bond acceptors (Lipinski definition) is 3. The van der Waals surface area contributed by atoms with Crippen LogP contribution in [0.25, 0.3) is 10.2 Å². The van der Waals surface area contributed by atoms with Crippen LogP contribution < -0.4 is 10.1 Å². The van der Waals surface area contributed by atoms with E-state index in [0.29, 0.717) is 0 Å². The average Bonchev–Trinajstić information content (AvgIpc) is 2.77. The van der Waals surface area contributed by atoms with Crippen LogP contribution in [0.15, 0.2) is 29.3 Å². The van der Waals surface area contributed by atoms with Crippen molar-refractivity contribution in [2.24, 2.45) is 18.0 Å². The number of halogens is 1. The second-order valence-electron chi connectivity index (χ2n) is 4.89. The van der Waals surface area contributed by atoms with E-state index in [-0.39, 0.29) is 24.2 Å². The van der Waals surface area contributed by atoms with E-state index in [1.807, 2.05) is 23.7 Å². The zero-order chi connectivity index (χ0) is 13.2. The van der Waals surface area contributed by atoms with Gasteiger partial charge in [0.15, 0.2) is 4.80 Å². The van der Waals surface area contributed by atoms with Crippen LogP contribution in [0.5, 0.6) is 0 Å². The summed E-state index contributed by atoms with van der Waals surface area (Å²) in [5.41, 5.74) is 1.13. The lowest BCUT2D eigenvalue weighted by molar-refractivity contribution is -0.122. The molecule has 108 valence electrons. The number of piperidine rings is 1. The van der Waals surface area contributed by atoms with Crippen molar-refractivity contribution in [2.45, 2.75) is 12.8 Å². The second kappa shape index (κ2) is 6.52. The van der Waals surface area contributed by atoms with E-state index >= 15 is 0 Å².